The van der Waals surface area contributed by atoms with Crippen molar-refractivity contribution in [3.05, 3.63) is 46.7 Å². The first-order chi connectivity index (χ1) is 9.38. The summed E-state index contributed by atoms with van der Waals surface area (Å²) in [6, 6.07) is 5.29. The van der Waals surface area contributed by atoms with E-state index in [4.69, 9.17) is 16.7 Å². The molecular weight excluding hydrogens is 284 g/mol. The standard InChI is InChI=1S/C13H11ClN2O4/c1-16-6-7(14)4-10(16)12(18)15-8-2-3-11(17)9(5-8)13(19)20/h2-6,17H,1H3,(H,15,18)(H,19,20). The lowest BCUT2D eigenvalue weighted by Crippen LogP contribution is -2.15. The summed E-state index contributed by atoms with van der Waals surface area (Å²) in [5.41, 5.74) is 0.315. The summed E-state index contributed by atoms with van der Waals surface area (Å²) in [6.45, 7) is 0. The van der Waals surface area contributed by atoms with Gasteiger partial charge in [0.2, 0.25) is 0 Å². The minimum absolute atomic E-state index is 0.266. The maximum absolute atomic E-state index is 12.0. The van der Waals surface area contributed by atoms with Gasteiger partial charge in [-0.15, -0.1) is 0 Å². The normalized spacial score (nSPS) is 10.3. The van der Waals surface area contributed by atoms with E-state index in [1.54, 1.807) is 17.8 Å². The largest absolute Gasteiger partial charge is 0.507 e. The number of halogens is 1. The molecule has 0 aliphatic heterocycles. The summed E-state index contributed by atoms with van der Waals surface area (Å²) in [5, 5.41) is 21.3. The summed E-state index contributed by atoms with van der Waals surface area (Å²) >= 11 is 5.79. The number of carboxylic acid groups (broad SMARTS) is 1. The number of anilines is 1. The SMILES string of the molecule is Cn1cc(Cl)cc1C(=O)Nc1ccc(O)c(C(=O)O)c1. The van der Waals surface area contributed by atoms with Gasteiger partial charge in [-0.2, -0.15) is 0 Å². The number of aromatic carboxylic acids is 1. The van der Waals surface area contributed by atoms with Crippen LogP contribution in [-0.4, -0.2) is 26.7 Å². The first-order valence-electron chi connectivity index (χ1n) is 5.58. The quantitative estimate of drug-likeness (QED) is 0.758. The number of rotatable bonds is 3. The van der Waals surface area contributed by atoms with Crippen molar-refractivity contribution in [2.45, 2.75) is 0 Å². The molecule has 1 aromatic carbocycles. The molecule has 0 saturated heterocycles. The summed E-state index contributed by atoms with van der Waals surface area (Å²) in [4.78, 5) is 22.9. The van der Waals surface area contributed by atoms with Gasteiger partial charge < -0.3 is 20.1 Å². The molecule has 7 heteroatoms. The number of aromatic hydroxyl groups is 1. The third-order valence-electron chi connectivity index (χ3n) is 2.69. The number of aryl methyl sites for hydroxylation is 1. The molecule has 1 amide bonds. The molecule has 0 unspecified atom stereocenters. The molecule has 0 saturated carbocycles. The Hall–Kier alpha value is -2.47. The number of aromatic nitrogens is 1. The average Bonchev–Trinajstić information content (AvgIpc) is 2.70. The van der Waals surface area contributed by atoms with Crippen LogP contribution in [-0.2, 0) is 7.05 Å². The van der Waals surface area contributed by atoms with Gasteiger partial charge in [0.15, 0.2) is 0 Å². The van der Waals surface area contributed by atoms with Crippen molar-refractivity contribution in [3.63, 3.8) is 0 Å². The van der Waals surface area contributed by atoms with E-state index in [9.17, 15) is 14.7 Å². The summed E-state index contributed by atoms with van der Waals surface area (Å²) < 4.78 is 1.55. The van der Waals surface area contributed by atoms with E-state index in [2.05, 4.69) is 5.32 Å². The zero-order chi connectivity index (χ0) is 14.9. The number of carboxylic acids is 1. The average molecular weight is 295 g/mol. The zero-order valence-electron chi connectivity index (χ0n) is 10.4. The van der Waals surface area contributed by atoms with Gasteiger partial charge in [0.25, 0.3) is 5.91 Å². The number of hydrogen-bond acceptors (Lipinski definition) is 3. The molecular formula is C13H11ClN2O4. The Morgan fingerprint density at radius 2 is 2.00 bits per heavy atom. The number of nitrogens with zero attached hydrogens (tertiary/aromatic N) is 1. The molecule has 2 aromatic rings. The highest BCUT2D eigenvalue weighted by Crippen LogP contribution is 2.22. The van der Waals surface area contributed by atoms with E-state index in [-0.39, 0.29) is 17.0 Å². The predicted octanol–water partition coefficient (Wildman–Crippen LogP) is 2.33. The van der Waals surface area contributed by atoms with Crippen LogP contribution in [0.5, 0.6) is 5.75 Å². The predicted molar refractivity (Wildman–Crippen MR) is 73.4 cm³/mol. The van der Waals surface area contributed by atoms with E-state index < -0.39 is 11.9 Å². The fourth-order valence-electron chi connectivity index (χ4n) is 1.73. The van der Waals surface area contributed by atoms with Gasteiger partial charge >= 0.3 is 5.97 Å². The zero-order valence-corrected chi connectivity index (χ0v) is 11.2. The van der Waals surface area contributed by atoms with Crippen molar-refractivity contribution in [1.29, 1.82) is 0 Å². The Kier molecular flexibility index (Phi) is 3.67. The third-order valence-corrected chi connectivity index (χ3v) is 2.90. The van der Waals surface area contributed by atoms with Crippen molar-refractivity contribution < 1.29 is 19.8 Å². The maximum Gasteiger partial charge on any atom is 0.339 e. The van der Waals surface area contributed by atoms with Crippen molar-refractivity contribution in [3.8, 4) is 5.75 Å². The van der Waals surface area contributed by atoms with Crippen LogP contribution < -0.4 is 5.32 Å². The van der Waals surface area contributed by atoms with Crippen molar-refractivity contribution in [2.24, 2.45) is 7.05 Å². The highest BCUT2D eigenvalue weighted by molar-refractivity contribution is 6.31. The fraction of sp³-hybridized carbons (Fsp3) is 0.0769. The van der Waals surface area contributed by atoms with Crippen LogP contribution >= 0.6 is 11.6 Å². The van der Waals surface area contributed by atoms with Gasteiger partial charge in [-0.1, -0.05) is 11.6 Å². The van der Waals surface area contributed by atoms with Crippen LogP contribution in [0.1, 0.15) is 20.8 Å². The number of carbonyl (C=O) groups is 2. The van der Waals surface area contributed by atoms with E-state index in [0.29, 0.717) is 10.7 Å². The fourth-order valence-corrected chi connectivity index (χ4v) is 1.98. The second-order valence-corrected chi connectivity index (χ2v) is 4.58. The minimum atomic E-state index is -1.28. The molecule has 2 rings (SSSR count). The van der Waals surface area contributed by atoms with Crippen LogP contribution in [0, 0.1) is 0 Å². The smallest absolute Gasteiger partial charge is 0.339 e. The molecule has 0 bridgehead atoms. The number of hydrogen-bond donors (Lipinski definition) is 3. The van der Waals surface area contributed by atoms with Gasteiger partial charge in [-0.3, -0.25) is 4.79 Å². The molecule has 0 radical (unpaired) electrons. The Balaban J connectivity index is 2.26. The van der Waals surface area contributed by atoms with Crippen LogP contribution in [0.25, 0.3) is 0 Å². The number of carbonyl (C=O) groups excluding carboxylic acids is 1. The number of benzene rings is 1. The first kappa shape index (κ1) is 14.0. The second-order valence-electron chi connectivity index (χ2n) is 4.15. The number of nitrogens with one attached hydrogen (secondary N) is 1. The van der Waals surface area contributed by atoms with Crippen molar-refractivity contribution in [2.75, 3.05) is 5.32 Å². The van der Waals surface area contributed by atoms with E-state index in [1.807, 2.05) is 0 Å². The molecule has 0 aliphatic carbocycles. The van der Waals surface area contributed by atoms with Gasteiger partial charge in [-0.25, -0.2) is 4.79 Å². The van der Waals surface area contributed by atoms with E-state index in [0.717, 1.165) is 0 Å². The molecule has 0 atom stereocenters. The molecule has 0 aliphatic rings. The Morgan fingerprint density at radius 3 is 2.55 bits per heavy atom. The van der Waals surface area contributed by atoms with Crippen molar-refractivity contribution >= 4 is 29.2 Å². The molecule has 3 N–H and O–H groups in total. The highest BCUT2D eigenvalue weighted by Gasteiger charge is 2.14. The Bertz CT molecular complexity index is 694. The summed E-state index contributed by atoms with van der Waals surface area (Å²) in [7, 11) is 1.67. The van der Waals surface area contributed by atoms with Crippen molar-refractivity contribution in [1.82, 2.24) is 4.57 Å². The molecule has 6 nitrogen and oxygen atoms in total. The molecule has 0 spiro atoms. The number of amides is 1. The molecule has 0 fully saturated rings. The van der Waals surface area contributed by atoms with Gasteiger partial charge in [0.05, 0.1) is 5.02 Å². The van der Waals surface area contributed by atoms with E-state index in [1.165, 1.54) is 24.3 Å². The first-order valence-corrected chi connectivity index (χ1v) is 5.96. The molecule has 1 heterocycles. The summed E-state index contributed by atoms with van der Waals surface area (Å²) in [6.07, 6.45) is 1.58. The Labute approximate surface area is 119 Å². The van der Waals surface area contributed by atoms with Crippen LogP contribution in [0.3, 0.4) is 0 Å². The second kappa shape index (κ2) is 5.26. The molecule has 104 valence electrons. The van der Waals surface area contributed by atoms with Crippen LogP contribution in [0.2, 0.25) is 5.02 Å². The summed E-state index contributed by atoms with van der Waals surface area (Å²) in [5.74, 6) is -2.07. The lowest BCUT2D eigenvalue weighted by atomic mass is 10.1. The van der Waals surface area contributed by atoms with Crippen LogP contribution in [0.15, 0.2) is 30.5 Å². The van der Waals surface area contributed by atoms with Crippen LogP contribution in [0.4, 0.5) is 5.69 Å². The topological polar surface area (TPSA) is 91.6 Å². The monoisotopic (exact) mass is 294 g/mol. The van der Waals surface area contributed by atoms with Gasteiger partial charge in [0.1, 0.15) is 17.0 Å². The lowest BCUT2D eigenvalue weighted by molar-refractivity contribution is 0.0693. The Morgan fingerprint density at radius 1 is 1.30 bits per heavy atom. The maximum atomic E-state index is 12.0. The minimum Gasteiger partial charge on any atom is -0.507 e. The molecule has 1 aromatic heterocycles. The molecule has 20 heavy (non-hydrogen) atoms. The van der Waals surface area contributed by atoms with E-state index >= 15 is 0 Å². The number of phenols is 1. The van der Waals surface area contributed by atoms with Gasteiger partial charge in [0, 0.05) is 18.9 Å². The highest BCUT2D eigenvalue weighted by atomic mass is 35.5. The third kappa shape index (κ3) is 2.75. The lowest BCUT2D eigenvalue weighted by Gasteiger charge is -2.07. The van der Waals surface area contributed by atoms with Gasteiger partial charge in [-0.05, 0) is 24.3 Å².